The minimum Gasteiger partial charge on any atom is -0.315 e. The van der Waals surface area contributed by atoms with Gasteiger partial charge in [0.2, 0.25) is 10.0 Å². The molecule has 2 heterocycles. The number of hydrogen-bond donors (Lipinski definition) is 1. The third-order valence-corrected chi connectivity index (χ3v) is 6.20. The summed E-state index contributed by atoms with van der Waals surface area (Å²) in [6.07, 6.45) is 2.51. The van der Waals surface area contributed by atoms with Crippen molar-refractivity contribution in [2.75, 3.05) is 13.1 Å². The van der Waals surface area contributed by atoms with E-state index in [9.17, 15) is 12.8 Å². The minimum absolute atomic E-state index is 0. The van der Waals surface area contributed by atoms with E-state index in [1.165, 1.54) is 6.07 Å². The Morgan fingerprint density at radius 1 is 1.19 bits per heavy atom. The number of rotatable bonds is 2. The smallest absolute Gasteiger partial charge is 0.243 e. The topological polar surface area (TPSA) is 49.4 Å². The van der Waals surface area contributed by atoms with E-state index in [-0.39, 0.29) is 34.4 Å². The minimum atomic E-state index is -3.70. The van der Waals surface area contributed by atoms with Crippen LogP contribution in [0.1, 0.15) is 19.3 Å². The van der Waals surface area contributed by atoms with E-state index in [0.717, 1.165) is 37.9 Å². The van der Waals surface area contributed by atoms with E-state index in [2.05, 4.69) is 5.32 Å². The van der Waals surface area contributed by atoms with Gasteiger partial charge in [-0.15, -0.1) is 12.4 Å². The standard InChI is InChI=1S/C13H16ClFN2O2S.ClH/c14-9-5-10(15)7-13(6-9)20(18,19)17-11-1-2-12(17)8-16-4-3-11;/h5-7,11-12,16H,1-4,8H2;1H. The predicted molar refractivity (Wildman–Crippen MR) is 82.0 cm³/mol. The van der Waals surface area contributed by atoms with Gasteiger partial charge in [-0.2, -0.15) is 4.31 Å². The molecule has 2 fully saturated rings. The molecule has 21 heavy (non-hydrogen) atoms. The number of sulfonamides is 1. The molecule has 0 spiro atoms. The van der Waals surface area contributed by atoms with Crippen LogP contribution >= 0.6 is 24.0 Å². The quantitative estimate of drug-likeness (QED) is 0.887. The van der Waals surface area contributed by atoms with Crippen LogP contribution in [-0.2, 0) is 10.0 Å². The number of benzene rings is 1. The van der Waals surface area contributed by atoms with Gasteiger partial charge in [0.05, 0.1) is 4.90 Å². The summed E-state index contributed by atoms with van der Waals surface area (Å²) in [5.41, 5.74) is 0. The highest BCUT2D eigenvalue weighted by atomic mass is 35.5. The maximum Gasteiger partial charge on any atom is 0.243 e. The lowest BCUT2D eigenvalue weighted by Crippen LogP contribution is -2.42. The van der Waals surface area contributed by atoms with Crippen molar-refractivity contribution in [3.8, 4) is 0 Å². The fourth-order valence-corrected chi connectivity index (χ4v) is 5.37. The van der Waals surface area contributed by atoms with Crippen molar-refractivity contribution in [1.82, 2.24) is 9.62 Å². The van der Waals surface area contributed by atoms with E-state index in [1.54, 1.807) is 4.31 Å². The third-order valence-electron chi connectivity index (χ3n) is 4.00. The van der Waals surface area contributed by atoms with E-state index in [4.69, 9.17) is 11.6 Å². The lowest BCUT2D eigenvalue weighted by Gasteiger charge is -2.26. The van der Waals surface area contributed by atoms with E-state index < -0.39 is 15.8 Å². The van der Waals surface area contributed by atoms with E-state index in [0.29, 0.717) is 6.54 Å². The Bertz CT molecular complexity index is 592. The average Bonchev–Trinajstić information content (AvgIpc) is 2.62. The molecule has 8 heteroatoms. The van der Waals surface area contributed by atoms with Gasteiger partial charge in [0, 0.05) is 23.7 Å². The number of hydrogen-bond acceptors (Lipinski definition) is 3. The van der Waals surface area contributed by atoms with Gasteiger partial charge in [-0.1, -0.05) is 11.6 Å². The Morgan fingerprint density at radius 2 is 1.90 bits per heavy atom. The highest BCUT2D eigenvalue weighted by Crippen LogP contribution is 2.34. The molecule has 0 saturated carbocycles. The largest absolute Gasteiger partial charge is 0.315 e. The zero-order chi connectivity index (χ0) is 14.3. The van der Waals surface area contributed by atoms with Crippen molar-refractivity contribution in [3.63, 3.8) is 0 Å². The van der Waals surface area contributed by atoms with Crippen LogP contribution < -0.4 is 5.32 Å². The molecule has 1 aromatic carbocycles. The van der Waals surface area contributed by atoms with Gasteiger partial charge < -0.3 is 5.32 Å². The fourth-order valence-electron chi connectivity index (χ4n) is 3.13. The van der Waals surface area contributed by atoms with Crippen LogP contribution in [0.15, 0.2) is 23.1 Å². The second kappa shape index (κ2) is 6.38. The second-order valence-electron chi connectivity index (χ2n) is 5.32. The molecule has 2 unspecified atom stereocenters. The molecule has 2 aliphatic rings. The van der Waals surface area contributed by atoms with Gasteiger partial charge in [0.25, 0.3) is 0 Å². The first-order valence-corrected chi connectivity index (χ1v) is 8.50. The molecular formula is C13H17Cl2FN2O2S. The summed E-state index contributed by atoms with van der Waals surface area (Å²) >= 11 is 5.78. The van der Waals surface area contributed by atoms with Crippen molar-refractivity contribution in [2.24, 2.45) is 0 Å². The first-order chi connectivity index (χ1) is 9.48. The fraction of sp³-hybridized carbons (Fsp3) is 0.538. The van der Waals surface area contributed by atoms with Crippen molar-refractivity contribution in [3.05, 3.63) is 29.0 Å². The first-order valence-electron chi connectivity index (χ1n) is 6.69. The molecule has 4 nitrogen and oxygen atoms in total. The molecular weight excluding hydrogens is 338 g/mol. The lowest BCUT2D eigenvalue weighted by atomic mass is 10.1. The Balaban J connectivity index is 0.00000161. The Labute approximate surface area is 135 Å². The molecule has 1 N–H and O–H groups in total. The third kappa shape index (κ3) is 3.19. The van der Waals surface area contributed by atoms with Crippen molar-refractivity contribution < 1.29 is 12.8 Å². The summed E-state index contributed by atoms with van der Waals surface area (Å²) in [7, 11) is -3.70. The highest BCUT2D eigenvalue weighted by molar-refractivity contribution is 7.89. The van der Waals surface area contributed by atoms with Gasteiger partial charge in [0.15, 0.2) is 0 Å². The van der Waals surface area contributed by atoms with Gasteiger partial charge in [-0.25, -0.2) is 12.8 Å². The zero-order valence-electron chi connectivity index (χ0n) is 11.3. The average molecular weight is 355 g/mol. The zero-order valence-corrected chi connectivity index (χ0v) is 13.6. The van der Waals surface area contributed by atoms with Gasteiger partial charge in [0.1, 0.15) is 5.82 Å². The molecule has 3 rings (SSSR count). The highest BCUT2D eigenvalue weighted by Gasteiger charge is 2.43. The molecule has 2 saturated heterocycles. The number of nitrogens with one attached hydrogen (secondary N) is 1. The maximum absolute atomic E-state index is 13.4. The van der Waals surface area contributed by atoms with Gasteiger partial charge in [-0.3, -0.25) is 0 Å². The summed E-state index contributed by atoms with van der Waals surface area (Å²) < 4.78 is 40.5. The SMILES string of the molecule is Cl.O=S(=O)(c1cc(F)cc(Cl)c1)N1C2CCNCC1CC2. The maximum atomic E-state index is 13.4. The van der Waals surface area contributed by atoms with Gasteiger partial charge >= 0.3 is 0 Å². The molecule has 1 aromatic rings. The van der Waals surface area contributed by atoms with Gasteiger partial charge in [-0.05, 0) is 44.0 Å². The van der Waals surface area contributed by atoms with Crippen LogP contribution in [0.5, 0.6) is 0 Å². The van der Waals surface area contributed by atoms with Crippen molar-refractivity contribution in [2.45, 2.75) is 36.2 Å². The monoisotopic (exact) mass is 354 g/mol. The number of halogens is 3. The summed E-state index contributed by atoms with van der Waals surface area (Å²) in [6, 6.07) is 3.42. The molecule has 0 radical (unpaired) electrons. The summed E-state index contributed by atoms with van der Waals surface area (Å²) in [4.78, 5) is -0.0544. The number of fused-ring (bicyclic) bond motifs is 2. The van der Waals surface area contributed by atoms with Crippen LogP contribution in [0.4, 0.5) is 4.39 Å². The molecule has 2 bridgehead atoms. The van der Waals surface area contributed by atoms with Crippen LogP contribution in [0, 0.1) is 5.82 Å². The molecule has 118 valence electrons. The lowest BCUT2D eigenvalue weighted by molar-refractivity contribution is 0.334. The van der Waals surface area contributed by atoms with Crippen LogP contribution in [-0.4, -0.2) is 37.9 Å². The van der Waals surface area contributed by atoms with Crippen LogP contribution in [0.3, 0.4) is 0 Å². The Hall–Kier alpha value is -0.400. The van der Waals surface area contributed by atoms with E-state index in [1.807, 2.05) is 0 Å². The molecule has 0 amide bonds. The second-order valence-corrected chi connectivity index (χ2v) is 7.60. The van der Waals surface area contributed by atoms with E-state index >= 15 is 0 Å². The molecule has 0 aromatic heterocycles. The summed E-state index contributed by atoms with van der Waals surface area (Å²) in [6.45, 7) is 1.47. The summed E-state index contributed by atoms with van der Waals surface area (Å²) in [5.74, 6) is -0.628. The number of nitrogens with zero attached hydrogens (tertiary/aromatic N) is 1. The Kier molecular flexibility index (Phi) is 5.15. The first kappa shape index (κ1) is 17.0. The molecule has 0 aliphatic carbocycles. The van der Waals surface area contributed by atoms with Crippen LogP contribution in [0.2, 0.25) is 5.02 Å². The predicted octanol–water partition coefficient (Wildman–Crippen LogP) is 2.42. The molecule has 2 atom stereocenters. The Morgan fingerprint density at radius 3 is 2.62 bits per heavy atom. The normalized spacial score (nSPS) is 26.2. The van der Waals surface area contributed by atoms with Crippen molar-refractivity contribution in [1.29, 1.82) is 0 Å². The van der Waals surface area contributed by atoms with Crippen molar-refractivity contribution >= 4 is 34.0 Å². The molecule has 2 aliphatic heterocycles. The summed E-state index contributed by atoms with van der Waals surface area (Å²) in [5, 5.41) is 3.35. The van der Waals surface area contributed by atoms with Crippen LogP contribution in [0.25, 0.3) is 0 Å².